The molecular formula is C14H16F3NO2. The lowest BCUT2D eigenvalue weighted by Crippen LogP contribution is -2.40. The van der Waals surface area contributed by atoms with E-state index in [0.717, 1.165) is 6.07 Å². The molecule has 1 saturated heterocycles. The van der Waals surface area contributed by atoms with Gasteiger partial charge >= 0.3 is 6.18 Å². The molecule has 1 amide bonds. The molecule has 0 aromatic heterocycles. The van der Waals surface area contributed by atoms with Crippen LogP contribution >= 0.6 is 0 Å². The summed E-state index contributed by atoms with van der Waals surface area (Å²) in [5.41, 5.74) is -0.756. The average molecular weight is 287 g/mol. The molecule has 1 aliphatic rings. The predicted octanol–water partition coefficient (Wildman–Crippen LogP) is 3.10. The van der Waals surface area contributed by atoms with Gasteiger partial charge in [0.05, 0.1) is 5.56 Å². The molecule has 0 radical (unpaired) electrons. The van der Waals surface area contributed by atoms with Crippen LogP contribution in [0.5, 0.6) is 5.75 Å². The number of likely N-dealkylation sites (tertiary alicyclic amines) is 1. The number of rotatable bonds is 2. The summed E-state index contributed by atoms with van der Waals surface area (Å²) in [5.74, 6) is -0.152. The van der Waals surface area contributed by atoms with Crippen LogP contribution in [-0.4, -0.2) is 30.0 Å². The highest BCUT2D eigenvalue weighted by atomic mass is 19.4. The summed E-state index contributed by atoms with van der Waals surface area (Å²) in [4.78, 5) is 12.9. The standard InChI is InChI=1S/C14H16F3NO2/c1-10(19)18-8-6-11(7-9-18)20-13-5-3-2-4-12(13)14(15,16)17/h2-5,11H,6-9H2,1H3. The molecule has 110 valence electrons. The number of alkyl halides is 3. The Balaban J connectivity index is 2.03. The Morgan fingerprint density at radius 3 is 2.40 bits per heavy atom. The number of para-hydroxylation sites is 1. The van der Waals surface area contributed by atoms with Gasteiger partial charge < -0.3 is 9.64 Å². The number of amides is 1. The number of nitrogens with zero attached hydrogens (tertiary/aromatic N) is 1. The Labute approximate surface area is 115 Å². The second kappa shape index (κ2) is 5.73. The van der Waals surface area contributed by atoms with Crippen molar-refractivity contribution in [2.45, 2.75) is 32.0 Å². The predicted molar refractivity (Wildman–Crippen MR) is 67.3 cm³/mol. The lowest BCUT2D eigenvalue weighted by atomic mass is 10.1. The molecule has 1 heterocycles. The van der Waals surface area contributed by atoms with Crippen LogP contribution in [0.4, 0.5) is 13.2 Å². The largest absolute Gasteiger partial charge is 0.490 e. The third-order valence-electron chi connectivity index (χ3n) is 3.37. The van der Waals surface area contributed by atoms with Crippen molar-refractivity contribution in [3.8, 4) is 5.75 Å². The van der Waals surface area contributed by atoms with Crippen LogP contribution in [0.3, 0.4) is 0 Å². The maximum Gasteiger partial charge on any atom is 0.419 e. The zero-order chi connectivity index (χ0) is 14.8. The van der Waals surface area contributed by atoms with Gasteiger partial charge in [-0.25, -0.2) is 0 Å². The molecule has 0 atom stereocenters. The second-order valence-corrected chi connectivity index (χ2v) is 4.82. The number of carbonyl (C=O) groups excluding carboxylic acids is 1. The first-order chi connectivity index (χ1) is 9.38. The monoisotopic (exact) mass is 287 g/mol. The van der Waals surface area contributed by atoms with E-state index < -0.39 is 11.7 Å². The van der Waals surface area contributed by atoms with Crippen molar-refractivity contribution < 1.29 is 22.7 Å². The number of ether oxygens (including phenoxy) is 1. The summed E-state index contributed by atoms with van der Waals surface area (Å²) in [6.07, 6.45) is -3.61. The van der Waals surface area contributed by atoms with Crippen LogP contribution in [0.2, 0.25) is 0 Å². The van der Waals surface area contributed by atoms with E-state index in [4.69, 9.17) is 4.74 Å². The van der Waals surface area contributed by atoms with Crippen LogP contribution in [0, 0.1) is 0 Å². The van der Waals surface area contributed by atoms with Gasteiger partial charge in [0.25, 0.3) is 0 Å². The topological polar surface area (TPSA) is 29.5 Å². The van der Waals surface area contributed by atoms with E-state index in [9.17, 15) is 18.0 Å². The smallest absolute Gasteiger partial charge is 0.419 e. The summed E-state index contributed by atoms with van der Waals surface area (Å²) in [6.45, 7) is 2.53. The van der Waals surface area contributed by atoms with Gasteiger partial charge in [0.2, 0.25) is 5.91 Å². The number of hydrogen-bond donors (Lipinski definition) is 0. The fraction of sp³-hybridized carbons (Fsp3) is 0.500. The zero-order valence-electron chi connectivity index (χ0n) is 11.1. The molecule has 2 rings (SSSR count). The molecule has 6 heteroatoms. The first-order valence-electron chi connectivity index (χ1n) is 6.46. The van der Waals surface area contributed by atoms with Gasteiger partial charge in [-0.15, -0.1) is 0 Å². The van der Waals surface area contributed by atoms with Gasteiger partial charge in [0.15, 0.2) is 0 Å². The molecule has 1 fully saturated rings. The van der Waals surface area contributed by atoms with E-state index in [2.05, 4.69) is 0 Å². The van der Waals surface area contributed by atoms with Gasteiger partial charge in [-0.3, -0.25) is 4.79 Å². The lowest BCUT2D eigenvalue weighted by molar-refractivity contribution is -0.139. The normalized spacial score (nSPS) is 17.1. The highest BCUT2D eigenvalue weighted by Gasteiger charge is 2.35. The molecule has 0 aliphatic carbocycles. The first-order valence-corrected chi connectivity index (χ1v) is 6.46. The van der Waals surface area contributed by atoms with Crippen LogP contribution in [-0.2, 0) is 11.0 Å². The van der Waals surface area contributed by atoms with E-state index in [0.29, 0.717) is 25.9 Å². The molecule has 3 nitrogen and oxygen atoms in total. The number of halogens is 3. The summed E-state index contributed by atoms with van der Waals surface area (Å²) in [7, 11) is 0. The summed E-state index contributed by atoms with van der Waals surface area (Å²) in [5, 5.41) is 0. The average Bonchev–Trinajstić information content (AvgIpc) is 2.38. The number of piperidine rings is 1. The van der Waals surface area contributed by atoms with Crippen molar-refractivity contribution in [2.75, 3.05) is 13.1 Å². The minimum atomic E-state index is -4.42. The highest BCUT2D eigenvalue weighted by Crippen LogP contribution is 2.36. The van der Waals surface area contributed by atoms with Crippen LogP contribution < -0.4 is 4.74 Å². The molecule has 1 aliphatic heterocycles. The summed E-state index contributed by atoms with van der Waals surface area (Å²) < 4.78 is 44.0. The fourth-order valence-electron chi connectivity index (χ4n) is 2.27. The second-order valence-electron chi connectivity index (χ2n) is 4.82. The molecule has 1 aromatic carbocycles. The van der Waals surface area contributed by atoms with Crippen molar-refractivity contribution in [1.29, 1.82) is 0 Å². The van der Waals surface area contributed by atoms with Gasteiger partial charge in [-0.1, -0.05) is 12.1 Å². The van der Waals surface area contributed by atoms with Gasteiger partial charge in [0, 0.05) is 32.9 Å². The molecule has 0 spiro atoms. The van der Waals surface area contributed by atoms with E-state index in [-0.39, 0.29) is 17.8 Å². The Kier molecular flexibility index (Phi) is 4.20. The first kappa shape index (κ1) is 14.7. The Bertz CT molecular complexity index is 480. The molecule has 0 bridgehead atoms. The van der Waals surface area contributed by atoms with Crippen LogP contribution in [0.25, 0.3) is 0 Å². The Morgan fingerprint density at radius 2 is 1.85 bits per heavy atom. The zero-order valence-corrected chi connectivity index (χ0v) is 11.1. The molecule has 0 unspecified atom stereocenters. The Hall–Kier alpha value is -1.72. The minimum absolute atomic E-state index is 0.0147. The van der Waals surface area contributed by atoms with Crippen molar-refractivity contribution >= 4 is 5.91 Å². The third kappa shape index (κ3) is 3.43. The number of carbonyl (C=O) groups is 1. The Morgan fingerprint density at radius 1 is 1.25 bits per heavy atom. The summed E-state index contributed by atoms with van der Waals surface area (Å²) in [6, 6.07) is 5.21. The third-order valence-corrected chi connectivity index (χ3v) is 3.37. The van der Waals surface area contributed by atoms with E-state index >= 15 is 0 Å². The van der Waals surface area contributed by atoms with E-state index in [1.54, 1.807) is 4.90 Å². The van der Waals surface area contributed by atoms with E-state index in [1.807, 2.05) is 0 Å². The summed E-state index contributed by atoms with van der Waals surface area (Å²) >= 11 is 0. The molecule has 0 N–H and O–H groups in total. The minimum Gasteiger partial charge on any atom is -0.490 e. The highest BCUT2D eigenvalue weighted by molar-refractivity contribution is 5.73. The van der Waals surface area contributed by atoms with Crippen molar-refractivity contribution in [1.82, 2.24) is 4.90 Å². The molecular weight excluding hydrogens is 271 g/mol. The number of hydrogen-bond acceptors (Lipinski definition) is 2. The van der Waals surface area contributed by atoms with Crippen LogP contribution in [0.1, 0.15) is 25.3 Å². The van der Waals surface area contributed by atoms with Crippen molar-refractivity contribution in [3.05, 3.63) is 29.8 Å². The maximum atomic E-state index is 12.8. The van der Waals surface area contributed by atoms with Gasteiger partial charge in [0.1, 0.15) is 11.9 Å². The fourth-order valence-corrected chi connectivity index (χ4v) is 2.27. The SMILES string of the molecule is CC(=O)N1CCC(Oc2ccccc2C(F)(F)F)CC1. The van der Waals surface area contributed by atoms with Crippen molar-refractivity contribution in [3.63, 3.8) is 0 Å². The van der Waals surface area contributed by atoms with Crippen molar-refractivity contribution in [2.24, 2.45) is 0 Å². The number of benzene rings is 1. The van der Waals surface area contributed by atoms with Crippen LogP contribution in [0.15, 0.2) is 24.3 Å². The van der Waals surface area contributed by atoms with E-state index in [1.165, 1.54) is 25.1 Å². The van der Waals surface area contributed by atoms with Gasteiger partial charge in [-0.2, -0.15) is 13.2 Å². The molecule has 0 saturated carbocycles. The molecule has 1 aromatic rings. The van der Waals surface area contributed by atoms with Gasteiger partial charge in [-0.05, 0) is 12.1 Å². The quantitative estimate of drug-likeness (QED) is 0.836. The maximum absolute atomic E-state index is 12.8. The lowest BCUT2D eigenvalue weighted by Gasteiger charge is -2.32. The molecule has 20 heavy (non-hydrogen) atoms.